The van der Waals surface area contributed by atoms with Crippen molar-refractivity contribution in [3.05, 3.63) is 52.5 Å². The molecule has 1 aliphatic heterocycles. The van der Waals surface area contributed by atoms with Crippen LogP contribution in [-0.4, -0.2) is 34.3 Å². The highest BCUT2D eigenvalue weighted by Gasteiger charge is 2.25. The standard InChI is InChI=1S/C19H23N3O2S/c23-18-9-8-16(21-18)14-22(13-15-4-2-10-20-12-15)19(24)7-1-5-17-6-3-11-25-17/h2-4,6,10-12,16H,1,5,7-9,13-14H2,(H,21,23)/t16-/m0/s1. The number of nitrogens with one attached hydrogen (secondary N) is 1. The summed E-state index contributed by atoms with van der Waals surface area (Å²) in [6.07, 6.45) is 7.18. The third-order valence-electron chi connectivity index (χ3n) is 4.37. The van der Waals surface area contributed by atoms with Crippen LogP contribution in [0.4, 0.5) is 0 Å². The maximum Gasteiger partial charge on any atom is 0.222 e. The Bertz CT molecular complexity index is 688. The van der Waals surface area contributed by atoms with E-state index in [1.54, 1.807) is 23.7 Å². The SMILES string of the molecule is O=C1CC[C@@H](CN(Cc2cccnc2)C(=O)CCCc2cccs2)N1. The summed E-state index contributed by atoms with van der Waals surface area (Å²) in [5, 5.41) is 5.02. The highest BCUT2D eigenvalue weighted by molar-refractivity contribution is 7.09. The van der Waals surface area contributed by atoms with Gasteiger partial charge in [-0.3, -0.25) is 14.6 Å². The van der Waals surface area contributed by atoms with Crippen LogP contribution in [0.25, 0.3) is 0 Å². The van der Waals surface area contributed by atoms with Gasteiger partial charge in [0, 0.05) is 49.2 Å². The third-order valence-corrected chi connectivity index (χ3v) is 5.30. The molecule has 0 radical (unpaired) electrons. The summed E-state index contributed by atoms with van der Waals surface area (Å²) in [5.41, 5.74) is 1.01. The van der Waals surface area contributed by atoms with Crippen molar-refractivity contribution in [3.8, 4) is 0 Å². The second kappa shape index (κ2) is 8.76. The number of pyridine rings is 1. The Morgan fingerprint density at radius 2 is 2.28 bits per heavy atom. The van der Waals surface area contributed by atoms with Crippen molar-refractivity contribution in [2.24, 2.45) is 0 Å². The van der Waals surface area contributed by atoms with E-state index in [1.165, 1.54) is 4.88 Å². The Hall–Kier alpha value is -2.21. The van der Waals surface area contributed by atoms with Crippen LogP contribution in [0, 0.1) is 0 Å². The molecule has 0 spiro atoms. The fourth-order valence-corrected chi connectivity index (χ4v) is 3.82. The van der Waals surface area contributed by atoms with Gasteiger partial charge >= 0.3 is 0 Å². The minimum atomic E-state index is 0.0606. The molecule has 0 saturated carbocycles. The number of aromatic nitrogens is 1. The number of nitrogens with zero attached hydrogens (tertiary/aromatic N) is 2. The quantitative estimate of drug-likeness (QED) is 0.790. The first-order valence-electron chi connectivity index (χ1n) is 8.69. The number of hydrogen-bond donors (Lipinski definition) is 1. The van der Waals surface area contributed by atoms with Crippen molar-refractivity contribution in [1.82, 2.24) is 15.2 Å². The second-order valence-corrected chi connectivity index (χ2v) is 7.40. The molecule has 6 heteroatoms. The first kappa shape index (κ1) is 17.6. The van der Waals surface area contributed by atoms with Gasteiger partial charge in [0.1, 0.15) is 0 Å². The Morgan fingerprint density at radius 1 is 1.36 bits per heavy atom. The molecule has 3 heterocycles. The minimum Gasteiger partial charge on any atom is -0.352 e. The van der Waals surface area contributed by atoms with E-state index < -0.39 is 0 Å². The molecule has 1 fully saturated rings. The van der Waals surface area contributed by atoms with Crippen LogP contribution in [0.15, 0.2) is 42.0 Å². The first-order valence-corrected chi connectivity index (χ1v) is 9.57. The van der Waals surface area contributed by atoms with Crippen LogP contribution in [0.2, 0.25) is 0 Å². The van der Waals surface area contributed by atoms with Crippen LogP contribution in [0.3, 0.4) is 0 Å². The highest BCUT2D eigenvalue weighted by Crippen LogP contribution is 2.15. The zero-order valence-electron chi connectivity index (χ0n) is 14.2. The Balaban J connectivity index is 1.57. The summed E-state index contributed by atoms with van der Waals surface area (Å²) in [6, 6.07) is 8.07. The summed E-state index contributed by atoms with van der Waals surface area (Å²) >= 11 is 1.73. The summed E-state index contributed by atoms with van der Waals surface area (Å²) in [6.45, 7) is 1.11. The number of amides is 2. The van der Waals surface area contributed by atoms with E-state index >= 15 is 0 Å². The van der Waals surface area contributed by atoms with Crippen molar-refractivity contribution >= 4 is 23.2 Å². The van der Waals surface area contributed by atoms with Gasteiger partial charge in [0.2, 0.25) is 11.8 Å². The number of carbonyl (C=O) groups is 2. The lowest BCUT2D eigenvalue weighted by Gasteiger charge is -2.26. The topological polar surface area (TPSA) is 62.3 Å². The summed E-state index contributed by atoms with van der Waals surface area (Å²) in [4.78, 5) is 31.5. The summed E-state index contributed by atoms with van der Waals surface area (Å²) in [5.74, 6) is 0.220. The monoisotopic (exact) mass is 357 g/mol. The number of thiophene rings is 1. The van der Waals surface area contributed by atoms with Crippen LogP contribution in [0.1, 0.15) is 36.1 Å². The van der Waals surface area contributed by atoms with Crippen LogP contribution in [-0.2, 0) is 22.6 Å². The van der Waals surface area contributed by atoms with E-state index in [-0.39, 0.29) is 17.9 Å². The lowest BCUT2D eigenvalue weighted by Crippen LogP contribution is -2.41. The molecule has 0 bridgehead atoms. The molecule has 0 unspecified atom stereocenters. The number of carbonyl (C=O) groups excluding carboxylic acids is 2. The molecule has 132 valence electrons. The van der Waals surface area contributed by atoms with Crippen molar-refractivity contribution in [2.75, 3.05) is 6.54 Å². The number of aryl methyl sites for hydroxylation is 1. The molecule has 1 atom stereocenters. The predicted molar refractivity (Wildman–Crippen MR) is 98.1 cm³/mol. The van der Waals surface area contributed by atoms with E-state index in [0.29, 0.717) is 25.9 Å². The Kier molecular flexibility index (Phi) is 6.17. The van der Waals surface area contributed by atoms with Gasteiger partial charge in [-0.2, -0.15) is 0 Å². The molecule has 2 aromatic heterocycles. The molecule has 0 aromatic carbocycles. The fraction of sp³-hybridized carbons (Fsp3) is 0.421. The maximum absolute atomic E-state index is 12.7. The van der Waals surface area contributed by atoms with Crippen LogP contribution >= 0.6 is 11.3 Å². The maximum atomic E-state index is 12.7. The summed E-state index contributed by atoms with van der Waals surface area (Å²) in [7, 11) is 0. The zero-order valence-corrected chi connectivity index (χ0v) is 15.0. The number of hydrogen-bond acceptors (Lipinski definition) is 4. The van der Waals surface area contributed by atoms with E-state index in [1.807, 2.05) is 23.1 Å². The summed E-state index contributed by atoms with van der Waals surface area (Å²) < 4.78 is 0. The van der Waals surface area contributed by atoms with Crippen LogP contribution < -0.4 is 5.32 Å². The van der Waals surface area contributed by atoms with Crippen molar-refractivity contribution in [2.45, 2.75) is 44.7 Å². The number of rotatable bonds is 8. The van der Waals surface area contributed by atoms with Crippen LogP contribution in [0.5, 0.6) is 0 Å². The highest BCUT2D eigenvalue weighted by atomic mass is 32.1. The smallest absolute Gasteiger partial charge is 0.222 e. The Morgan fingerprint density at radius 3 is 2.96 bits per heavy atom. The van der Waals surface area contributed by atoms with E-state index in [2.05, 4.69) is 21.7 Å². The second-order valence-electron chi connectivity index (χ2n) is 6.37. The first-order chi connectivity index (χ1) is 12.2. The van der Waals surface area contributed by atoms with Gasteiger partial charge in [-0.15, -0.1) is 11.3 Å². The molecular weight excluding hydrogens is 334 g/mol. The average Bonchev–Trinajstić information content (AvgIpc) is 3.27. The fourth-order valence-electron chi connectivity index (χ4n) is 3.07. The van der Waals surface area contributed by atoms with Gasteiger partial charge in [0.25, 0.3) is 0 Å². The van der Waals surface area contributed by atoms with Gasteiger partial charge in [-0.25, -0.2) is 0 Å². The van der Waals surface area contributed by atoms with Gasteiger partial charge in [-0.05, 0) is 42.3 Å². The molecule has 2 amide bonds. The third kappa shape index (κ3) is 5.39. The lowest BCUT2D eigenvalue weighted by molar-refractivity contribution is -0.132. The van der Waals surface area contributed by atoms with Gasteiger partial charge in [-0.1, -0.05) is 12.1 Å². The predicted octanol–water partition coefficient (Wildman–Crippen LogP) is 2.77. The minimum absolute atomic E-state index is 0.0606. The Labute approximate surface area is 152 Å². The molecule has 1 aliphatic rings. The van der Waals surface area contributed by atoms with E-state index in [9.17, 15) is 9.59 Å². The van der Waals surface area contributed by atoms with Crippen molar-refractivity contribution in [1.29, 1.82) is 0 Å². The molecular formula is C19H23N3O2S. The molecule has 25 heavy (non-hydrogen) atoms. The molecule has 0 aliphatic carbocycles. The molecule has 3 rings (SSSR count). The van der Waals surface area contributed by atoms with Gasteiger partial charge in [0.15, 0.2) is 0 Å². The normalized spacial score (nSPS) is 16.6. The molecule has 5 nitrogen and oxygen atoms in total. The molecule has 1 saturated heterocycles. The lowest BCUT2D eigenvalue weighted by atomic mass is 10.1. The largest absolute Gasteiger partial charge is 0.352 e. The van der Waals surface area contributed by atoms with Crippen molar-refractivity contribution < 1.29 is 9.59 Å². The van der Waals surface area contributed by atoms with E-state index in [4.69, 9.17) is 0 Å². The molecule has 2 aromatic rings. The zero-order chi connectivity index (χ0) is 17.5. The molecule has 1 N–H and O–H groups in total. The van der Waals surface area contributed by atoms with Gasteiger partial charge < -0.3 is 10.2 Å². The van der Waals surface area contributed by atoms with Gasteiger partial charge in [0.05, 0.1) is 0 Å². The van der Waals surface area contributed by atoms with E-state index in [0.717, 1.165) is 24.8 Å². The average molecular weight is 357 g/mol. The van der Waals surface area contributed by atoms with Crippen molar-refractivity contribution in [3.63, 3.8) is 0 Å².